The van der Waals surface area contributed by atoms with Crippen molar-refractivity contribution in [2.75, 3.05) is 18.4 Å². The zero-order chi connectivity index (χ0) is 20.3. The van der Waals surface area contributed by atoms with E-state index in [1.807, 2.05) is 18.3 Å². The van der Waals surface area contributed by atoms with Crippen LogP contribution >= 0.6 is 11.6 Å². The first-order chi connectivity index (χ1) is 14.8. The second-order valence-electron chi connectivity index (χ2n) is 8.21. The maximum atomic E-state index is 6.45. The molecule has 2 fully saturated rings. The van der Waals surface area contributed by atoms with E-state index in [1.54, 1.807) is 12.4 Å². The fourth-order valence-electron chi connectivity index (χ4n) is 4.56. The molecule has 1 saturated carbocycles. The molecule has 3 aromatic rings. The van der Waals surface area contributed by atoms with Crippen LogP contribution in [0.5, 0.6) is 0 Å². The van der Waals surface area contributed by atoms with Gasteiger partial charge in [-0.3, -0.25) is 0 Å². The minimum Gasteiger partial charge on any atom is -0.375 e. The van der Waals surface area contributed by atoms with Gasteiger partial charge in [-0.05, 0) is 63.7 Å². The molecule has 0 spiro atoms. The highest BCUT2D eigenvalue weighted by molar-refractivity contribution is 6.33. The first-order valence-electron chi connectivity index (χ1n) is 10.8. The Kier molecular flexibility index (Phi) is 5.84. The van der Waals surface area contributed by atoms with E-state index in [-0.39, 0.29) is 0 Å². The molecule has 7 nitrogen and oxygen atoms in total. The Morgan fingerprint density at radius 2 is 2.00 bits per heavy atom. The normalized spacial score (nSPS) is 23.0. The molecular weight excluding hydrogens is 400 g/mol. The molecule has 8 heteroatoms. The van der Waals surface area contributed by atoms with Crippen LogP contribution in [0.25, 0.3) is 22.3 Å². The molecule has 5 rings (SSSR count). The molecule has 1 aliphatic heterocycles. The number of nitrogens with zero attached hydrogens (tertiary/aromatic N) is 3. The van der Waals surface area contributed by atoms with Gasteiger partial charge in [0.2, 0.25) is 5.95 Å². The van der Waals surface area contributed by atoms with E-state index >= 15 is 0 Å². The molecule has 2 aliphatic rings. The van der Waals surface area contributed by atoms with Gasteiger partial charge in [-0.25, -0.2) is 15.0 Å². The van der Waals surface area contributed by atoms with E-state index in [4.69, 9.17) is 21.3 Å². The van der Waals surface area contributed by atoms with Crippen molar-refractivity contribution in [3.8, 4) is 11.3 Å². The zero-order valence-electron chi connectivity index (χ0n) is 16.9. The number of hydrogen-bond acceptors (Lipinski definition) is 6. The number of pyridine rings is 1. The van der Waals surface area contributed by atoms with Crippen LogP contribution in [0.2, 0.25) is 5.02 Å². The Morgan fingerprint density at radius 1 is 1.10 bits per heavy atom. The standard InChI is InChI=1S/C22H27ClN6O/c23-19-13-27-22(29-20(19)18-12-26-21-17(18)5-2-8-25-21)28-14-3-1-4-16(11-14)30-15-6-9-24-10-7-15/h2,5,8,12-16,24H,1,3-4,6-7,9-11H2,(H,25,26)(H,27,28,29). The number of hydrogen-bond donors (Lipinski definition) is 3. The monoisotopic (exact) mass is 426 g/mol. The van der Waals surface area contributed by atoms with Gasteiger partial charge in [0, 0.05) is 29.4 Å². The maximum Gasteiger partial charge on any atom is 0.223 e. The van der Waals surface area contributed by atoms with Crippen molar-refractivity contribution in [2.24, 2.45) is 0 Å². The van der Waals surface area contributed by atoms with Crippen LogP contribution in [0.15, 0.2) is 30.7 Å². The van der Waals surface area contributed by atoms with Crippen LogP contribution < -0.4 is 10.6 Å². The Morgan fingerprint density at radius 3 is 2.90 bits per heavy atom. The molecular formula is C22H27ClN6O. The van der Waals surface area contributed by atoms with E-state index in [2.05, 4.69) is 25.6 Å². The van der Waals surface area contributed by atoms with Crippen LogP contribution in [0.3, 0.4) is 0 Å². The second-order valence-corrected chi connectivity index (χ2v) is 8.61. The second kappa shape index (κ2) is 8.88. The smallest absolute Gasteiger partial charge is 0.223 e. The highest BCUT2D eigenvalue weighted by Crippen LogP contribution is 2.32. The van der Waals surface area contributed by atoms with Crippen molar-refractivity contribution >= 4 is 28.6 Å². The maximum absolute atomic E-state index is 6.45. The Hall–Kier alpha value is -2.22. The van der Waals surface area contributed by atoms with Crippen molar-refractivity contribution in [3.63, 3.8) is 0 Å². The highest BCUT2D eigenvalue weighted by Gasteiger charge is 2.26. The van der Waals surface area contributed by atoms with Crippen molar-refractivity contribution in [1.29, 1.82) is 0 Å². The van der Waals surface area contributed by atoms with E-state index in [0.29, 0.717) is 34.9 Å². The molecule has 1 aliphatic carbocycles. The molecule has 2 atom stereocenters. The number of halogens is 1. The van der Waals surface area contributed by atoms with Gasteiger partial charge in [0.05, 0.1) is 29.1 Å². The van der Waals surface area contributed by atoms with Gasteiger partial charge in [0.15, 0.2) is 0 Å². The summed E-state index contributed by atoms with van der Waals surface area (Å²) in [6.45, 7) is 2.12. The number of H-pyrrole nitrogens is 1. The third-order valence-corrected chi connectivity index (χ3v) is 6.36. The predicted molar refractivity (Wildman–Crippen MR) is 119 cm³/mol. The molecule has 2 unspecified atom stereocenters. The van der Waals surface area contributed by atoms with Gasteiger partial charge in [0.25, 0.3) is 0 Å². The SMILES string of the molecule is Clc1cnc(NC2CCCC(OC3CCNCC3)C2)nc1-c1c[nH]c2ncccc12. The van der Waals surface area contributed by atoms with E-state index in [1.165, 1.54) is 0 Å². The van der Waals surface area contributed by atoms with Crippen LogP contribution in [0, 0.1) is 0 Å². The lowest BCUT2D eigenvalue weighted by Crippen LogP contribution is -2.38. The van der Waals surface area contributed by atoms with Crippen molar-refractivity contribution in [2.45, 2.75) is 56.8 Å². The summed E-state index contributed by atoms with van der Waals surface area (Å²) in [5.74, 6) is 0.611. The van der Waals surface area contributed by atoms with Gasteiger partial charge in [-0.2, -0.15) is 0 Å². The minimum absolute atomic E-state index is 0.309. The highest BCUT2D eigenvalue weighted by atomic mass is 35.5. The molecule has 158 valence electrons. The molecule has 0 bridgehead atoms. The number of ether oxygens (including phenoxy) is 1. The topological polar surface area (TPSA) is 87.8 Å². The lowest BCUT2D eigenvalue weighted by atomic mass is 9.92. The van der Waals surface area contributed by atoms with Gasteiger partial charge < -0.3 is 20.4 Å². The van der Waals surface area contributed by atoms with Crippen LogP contribution in [0.4, 0.5) is 5.95 Å². The van der Waals surface area contributed by atoms with Crippen LogP contribution in [0.1, 0.15) is 38.5 Å². The van der Waals surface area contributed by atoms with Gasteiger partial charge in [-0.1, -0.05) is 11.6 Å². The summed E-state index contributed by atoms with van der Waals surface area (Å²) in [7, 11) is 0. The molecule has 1 saturated heterocycles. The number of nitrogens with one attached hydrogen (secondary N) is 3. The summed E-state index contributed by atoms with van der Waals surface area (Å²) in [5, 5.41) is 8.45. The number of piperidine rings is 1. The first kappa shape index (κ1) is 19.7. The summed E-state index contributed by atoms with van der Waals surface area (Å²) in [6.07, 6.45) is 12.6. The Bertz CT molecular complexity index is 1000. The third-order valence-electron chi connectivity index (χ3n) is 6.08. The van der Waals surface area contributed by atoms with E-state index in [0.717, 1.165) is 68.2 Å². The first-order valence-corrected chi connectivity index (χ1v) is 11.2. The van der Waals surface area contributed by atoms with E-state index < -0.39 is 0 Å². The molecule has 3 N–H and O–H groups in total. The lowest BCUT2D eigenvalue weighted by molar-refractivity contribution is -0.0438. The van der Waals surface area contributed by atoms with E-state index in [9.17, 15) is 0 Å². The Balaban J connectivity index is 1.30. The van der Waals surface area contributed by atoms with Gasteiger partial charge in [0.1, 0.15) is 5.65 Å². The summed E-state index contributed by atoms with van der Waals surface area (Å²) in [6, 6.07) is 4.24. The number of fused-ring (bicyclic) bond motifs is 1. The number of aromatic amines is 1. The van der Waals surface area contributed by atoms with Crippen molar-refractivity contribution < 1.29 is 4.74 Å². The predicted octanol–water partition coefficient (Wildman–Crippen LogP) is 4.17. The fourth-order valence-corrected chi connectivity index (χ4v) is 4.76. The summed E-state index contributed by atoms with van der Waals surface area (Å²) < 4.78 is 6.40. The Labute approximate surface area is 181 Å². The van der Waals surface area contributed by atoms with Gasteiger partial charge in [-0.15, -0.1) is 0 Å². The summed E-state index contributed by atoms with van der Waals surface area (Å²) in [4.78, 5) is 16.7. The lowest BCUT2D eigenvalue weighted by Gasteiger charge is -2.34. The number of aromatic nitrogens is 4. The van der Waals surface area contributed by atoms with Crippen LogP contribution in [-0.2, 0) is 4.74 Å². The van der Waals surface area contributed by atoms with Crippen LogP contribution in [-0.4, -0.2) is 51.3 Å². The number of rotatable bonds is 5. The largest absolute Gasteiger partial charge is 0.375 e. The zero-order valence-corrected chi connectivity index (χ0v) is 17.7. The molecule has 0 aromatic carbocycles. The molecule has 30 heavy (non-hydrogen) atoms. The molecule has 0 amide bonds. The quantitative estimate of drug-likeness (QED) is 0.567. The molecule has 3 aromatic heterocycles. The average molecular weight is 427 g/mol. The third kappa shape index (κ3) is 4.29. The summed E-state index contributed by atoms with van der Waals surface area (Å²) >= 11 is 6.45. The van der Waals surface area contributed by atoms with Crippen molar-refractivity contribution in [3.05, 3.63) is 35.7 Å². The summed E-state index contributed by atoms with van der Waals surface area (Å²) in [5.41, 5.74) is 2.47. The van der Waals surface area contributed by atoms with Crippen molar-refractivity contribution in [1.82, 2.24) is 25.3 Å². The number of anilines is 1. The fraction of sp³-hybridized carbons (Fsp3) is 0.500. The van der Waals surface area contributed by atoms with Gasteiger partial charge >= 0.3 is 0 Å². The average Bonchev–Trinajstić information content (AvgIpc) is 3.20. The molecule has 4 heterocycles. The molecule has 0 radical (unpaired) electrons. The minimum atomic E-state index is 0.309.